The molecule has 0 aliphatic carbocycles. The molecular weight excluding hydrogens is 456 g/mol. The second-order valence-corrected chi connectivity index (χ2v) is 10.8. The molecule has 0 spiro atoms. The van der Waals surface area contributed by atoms with Gasteiger partial charge in [-0.15, -0.1) is 0 Å². The molecule has 1 aromatic carbocycles. The van der Waals surface area contributed by atoms with Crippen molar-refractivity contribution in [1.82, 2.24) is 18.8 Å². The second-order valence-electron chi connectivity index (χ2n) is 8.94. The number of carbonyl (C=O) groups is 1. The summed E-state index contributed by atoms with van der Waals surface area (Å²) in [6.07, 6.45) is 4.17. The molecule has 1 aromatic heterocycles. The largest absolute Gasteiger partial charge is 0.490 e. The highest BCUT2D eigenvalue weighted by Crippen LogP contribution is 2.30. The highest BCUT2D eigenvalue weighted by atomic mass is 32.2. The lowest BCUT2D eigenvalue weighted by Crippen LogP contribution is -2.47. The lowest BCUT2D eigenvalue weighted by Gasteiger charge is -2.37. The van der Waals surface area contributed by atoms with E-state index in [2.05, 4.69) is 4.98 Å². The van der Waals surface area contributed by atoms with Crippen molar-refractivity contribution < 1.29 is 22.7 Å². The first-order chi connectivity index (χ1) is 16.3. The van der Waals surface area contributed by atoms with E-state index >= 15 is 0 Å². The van der Waals surface area contributed by atoms with Gasteiger partial charge in [0.05, 0.1) is 6.61 Å². The number of hydrogen-bond donors (Lipinski definition) is 0. The van der Waals surface area contributed by atoms with E-state index in [0.29, 0.717) is 51.5 Å². The average molecular weight is 491 g/mol. The third kappa shape index (κ3) is 5.22. The van der Waals surface area contributed by atoms with Crippen LogP contribution in [0.2, 0.25) is 0 Å². The van der Waals surface area contributed by atoms with Gasteiger partial charge >= 0.3 is 0 Å². The van der Waals surface area contributed by atoms with Gasteiger partial charge in [0, 0.05) is 58.2 Å². The number of ether oxygens (including phenoxy) is 2. The Morgan fingerprint density at radius 1 is 1.06 bits per heavy atom. The Balaban J connectivity index is 1.28. The molecule has 0 bridgehead atoms. The number of benzene rings is 1. The lowest BCUT2D eigenvalue weighted by molar-refractivity contribution is -0.138. The van der Waals surface area contributed by atoms with Crippen LogP contribution in [0.3, 0.4) is 0 Å². The van der Waals surface area contributed by atoms with E-state index < -0.39 is 10.0 Å². The SMILES string of the molecule is CCOc1ccccc1OC1CCN(C(=O)C2CCN(S(=O)(=O)c3cn(C)c(C)n3)CC2)CC1. The maximum absolute atomic E-state index is 13.1. The van der Waals surface area contributed by atoms with Gasteiger partial charge in [0.2, 0.25) is 5.91 Å². The maximum atomic E-state index is 13.1. The van der Waals surface area contributed by atoms with Gasteiger partial charge < -0.3 is 18.9 Å². The number of nitrogens with zero attached hydrogens (tertiary/aromatic N) is 4. The van der Waals surface area contributed by atoms with E-state index in [9.17, 15) is 13.2 Å². The summed E-state index contributed by atoms with van der Waals surface area (Å²) in [6, 6.07) is 7.67. The Labute approximate surface area is 201 Å². The van der Waals surface area contributed by atoms with E-state index in [4.69, 9.17) is 9.47 Å². The number of aryl methyl sites for hydroxylation is 2. The number of rotatable bonds is 7. The lowest BCUT2D eigenvalue weighted by atomic mass is 9.95. The summed E-state index contributed by atoms with van der Waals surface area (Å²) in [4.78, 5) is 19.2. The number of para-hydroxylation sites is 2. The van der Waals surface area contributed by atoms with E-state index in [-0.39, 0.29) is 23.0 Å². The topological polar surface area (TPSA) is 94.0 Å². The number of carbonyl (C=O) groups excluding carboxylic acids is 1. The minimum Gasteiger partial charge on any atom is -0.490 e. The van der Waals surface area contributed by atoms with Gasteiger partial charge in [-0.25, -0.2) is 13.4 Å². The maximum Gasteiger partial charge on any atom is 0.262 e. The summed E-state index contributed by atoms with van der Waals surface area (Å²) in [5.74, 6) is 2.11. The number of piperidine rings is 2. The molecule has 34 heavy (non-hydrogen) atoms. The number of likely N-dealkylation sites (tertiary alicyclic amines) is 1. The smallest absolute Gasteiger partial charge is 0.262 e. The van der Waals surface area contributed by atoms with Crippen LogP contribution in [0.4, 0.5) is 0 Å². The summed E-state index contributed by atoms with van der Waals surface area (Å²) in [5.41, 5.74) is 0. The van der Waals surface area contributed by atoms with Crippen LogP contribution >= 0.6 is 0 Å². The Kier molecular flexibility index (Phi) is 7.47. The third-order valence-corrected chi connectivity index (χ3v) is 8.46. The number of hydrogen-bond acceptors (Lipinski definition) is 6. The van der Waals surface area contributed by atoms with Crippen LogP contribution in [0.5, 0.6) is 11.5 Å². The van der Waals surface area contributed by atoms with Crippen LogP contribution in [0.15, 0.2) is 35.5 Å². The van der Waals surface area contributed by atoms with Crippen LogP contribution in [0, 0.1) is 12.8 Å². The van der Waals surface area contributed by atoms with E-state index in [1.807, 2.05) is 36.1 Å². The molecular formula is C24H34N4O5S. The zero-order chi connectivity index (χ0) is 24.3. The van der Waals surface area contributed by atoms with Crippen molar-refractivity contribution in [2.75, 3.05) is 32.8 Å². The molecule has 0 N–H and O–H groups in total. The summed E-state index contributed by atoms with van der Waals surface area (Å²) in [5, 5.41) is 0.0743. The fraction of sp³-hybridized carbons (Fsp3) is 0.583. The van der Waals surface area contributed by atoms with E-state index in [1.165, 1.54) is 4.31 Å². The minimum atomic E-state index is -3.63. The first-order valence-corrected chi connectivity index (χ1v) is 13.4. The second kappa shape index (κ2) is 10.4. The van der Waals surface area contributed by atoms with Crippen molar-refractivity contribution in [3.8, 4) is 11.5 Å². The molecule has 0 radical (unpaired) electrons. The molecule has 2 aliphatic heterocycles. The Bertz CT molecular complexity index is 1080. The van der Waals surface area contributed by atoms with Gasteiger partial charge in [-0.2, -0.15) is 4.31 Å². The minimum absolute atomic E-state index is 0.0412. The monoisotopic (exact) mass is 490 g/mol. The fourth-order valence-corrected chi connectivity index (χ4v) is 6.07. The van der Waals surface area contributed by atoms with Crippen molar-refractivity contribution in [3.05, 3.63) is 36.3 Å². The molecule has 3 heterocycles. The van der Waals surface area contributed by atoms with Gasteiger partial charge in [-0.1, -0.05) is 12.1 Å². The predicted molar refractivity (Wildman–Crippen MR) is 127 cm³/mol. The zero-order valence-corrected chi connectivity index (χ0v) is 21.0. The highest BCUT2D eigenvalue weighted by Gasteiger charge is 2.36. The Morgan fingerprint density at radius 2 is 1.71 bits per heavy atom. The molecule has 1 amide bonds. The molecule has 9 nitrogen and oxygen atoms in total. The summed E-state index contributed by atoms with van der Waals surface area (Å²) < 4.78 is 40.8. The molecule has 2 aliphatic rings. The number of aromatic nitrogens is 2. The molecule has 0 unspecified atom stereocenters. The van der Waals surface area contributed by atoms with Crippen LogP contribution < -0.4 is 9.47 Å². The van der Waals surface area contributed by atoms with Gasteiger partial charge in [0.15, 0.2) is 16.5 Å². The molecule has 0 atom stereocenters. The third-order valence-electron chi connectivity index (χ3n) is 6.69. The highest BCUT2D eigenvalue weighted by molar-refractivity contribution is 7.89. The molecule has 10 heteroatoms. The quantitative estimate of drug-likeness (QED) is 0.592. The van der Waals surface area contributed by atoms with Crippen molar-refractivity contribution >= 4 is 15.9 Å². The predicted octanol–water partition coefficient (Wildman–Crippen LogP) is 2.60. The van der Waals surface area contributed by atoms with Crippen LogP contribution in [-0.4, -0.2) is 72.0 Å². The van der Waals surface area contributed by atoms with Gasteiger partial charge in [0.25, 0.3) is 10.0 Å². The summed E-state index contributed by atoms with van der Waals surface area (Å²) in [6.45, 7) is 6.26. The van der Waals surface area contributed by atoms with E-state index in [1.54, 1.807) is 24.7 Å². The number of imidazole rings is 1. The van der Waals surface area contributed by atoms with E-state index in [0.717, 1.165) is 24.3 Å². The molecule has 186 valence electrons. The van der Waals surface area contributed by atoms with Crippen molar-refractivity contribution in [3.63, 3.8) is 0 Å². The van der Waals surface area contributed by atoms with Crippen LogP contribution in [0.25, 0.3) is 0 Å². The first kappa shape index (κ1) is 24.5. The number of sulfonamides is 1. The average Bonchev–Trinajstić information content (AvgIpc) is 3.19. The van der Waals surface area contributed by atoms with Crippen molar-refractivity contribution in [1.29, 1.82) is 0 Å². The van der Waals surface area contributed by atoms with Gasteiger partial charge in [-0.05, 0) is 38.8 Å². The summed E-state index contributed by atoms with van der Waals surface area (Å²) in [7, 11) is -1.86. The van der Waals surface area contributed by atoms with Crippen LogP contribution in [-0.2, 0) is 21.9 Å². The standard InChI is InChI=1S/C24H34N4O5S/c1-4-32-21-7-5-6-8-22(21)33-20-11-13-27(14-12-20)24(29)19-9-15-28(16-10-19)34(30,31)23-17-26(3)18(2)25-23/h5-8,17,19-20H,4,9-16H2,1-3H3. The number of amides is 1. The molecule has 2 saturated heterocycles. The van der Waals surface area contributed by atoms with Crippen molar-refractivity contribution in [2.45, 2.75) is 50.7 Å². The van der Waals surface area contributed by atoms with Crippen LogP contribution in [0.1, 0.15) is 38.4 Å². The molecule has 2 aromatic rings. The van der Waals surface area contributed by atoms with Gasteiger partial charge in [0.1, 0.15) is 11.9 Å². The molecule has 0 saturated carbocycles. The fourth-order valence-electron chi connectivity index (χ4n) is 4.58. The van der Waals surface area contributed by atoms with Crippen molar-refractivity contribution in [2.24, 2.45) is 13.0 Å². The van der Waals surface area contributed by atoms with Gasteiger partial charge in [-0.3, -0.25) is 4.79 Å². The normalized spacial score (nSPS) is 18.7. The molecule has 4 rings (SSSR count). The summed E-state index contributed by atoms with van der Waals surface area (Å²) >= 11 is 0. The Morgan fingerprint density at radius 3 is 2.29 bits per heavy atom. The Hall–Kier alpha value is -2.59. The first-order valence-electron chi connectivity index (χ1n) is 12.0. The molecule has 2 fully saturated rings. The zero-order valence-electron chi connectivity index (χ0n) is 20.1.